The van der Waals surface area contributed by atoms with Gasteiger partial charge in [0, 0.05) is 11.3 Å². The van der Waals surface area contributed by atoms with Crippen molar-refractivity contribution in [3.63, 3.8) is 0 Å². The lowest BCUT2D eigenvalue weighted by Crippen LogP contribution is -2.11. The fraction of sp³-hybridized carbons (Fsp3) is 0. The van der Waals surface area contributed by atoms with Gasteiger partial charge in [-0.25, -0.2) is 0 Å². The lowest BCUT2D eigenvalue weighted by Gasteiger charge is -2.06. The molecule has 0 unspecified atom stereocenters. The summed E-state index contributed by atoms with van der Waals surface area (Å²) in [6, 6.07) is 15.3. The lowest BCUT2D eigenvalue weighted by atomic mass is 9.99. The van der Waals surface area contributed by atoms with Crippen LogP contribution in [0.2, 0.25) is 0 Å². The smallest absolute Gasteiger partial charge is 0.249 e. The van der Waals surface area contributed by atoms with Crippen molar-refractivity contribution in [2.24, 2.45) is 5.73 Å². The molecule has 0 aliphatic heterocycles. The van der Waals surface area contributed by atoms with E-state index >= 15 is 0 Å². The maximum absolute atomic E-state index is 11.4. The molecule has 0 heterocycles. The summed E-state index contributed by atoms with van der Waals surface area (Å²) in [6.45, 7) is 0. The number of rotatable bonds is 1. The predicted octanol–water partition coefficient (Wildman–Crippen LogP) is 2.67. The van der Waals surface area contributed by atoms with Gasteiger partial charge in [-0.05, 0) is 51.9 Å². The molecule has 3 aromatic carbocycles. The summed E-state index contributed by atoms with van der Waals surface area (Å²) in [5, 5.41) is 3.97. The van der Waals surface area contributed by atoms with Gasteiger partial charge in [0.15, 0.2) is 0 Å². The summed E-state index contributed by atoms with van der Waals surface area (Å²) in [5.74, 6) is -0.407. The number of nitrogen functional groups attached to an aromatic ring is 1. The molecule has 0 saturated carbocycles. The van der Waals surface area contributed by atoms with Crippen LogP contribution in [-0.4, -0.2) is 5.91 Å². The van der Waals surface area contributed by atoms with Crippen molar-refractivity contribution in [2.75, 3.05) is 5.73 Å². The van der Waals surface area contributed by atoms with Gasteiger partial charge in [-0.1, -0.05) is 18.2 Å². The summed E-state index contributed by atoms with van der Waals surface area (Å²) >= 11 is 0. The SMILES string of the molecule is NC(=O)c1cccc2cc3cc(N)ccc3cc12. The van der Waals surface area contributed by atoms with Crippen LogP contribution >= 0.6 is 0 Å². The van der Waals surface area contributed by atoms with Crippen LogP contribution in [0, 0.1) is 0 Å². The zero-order valence-electron chi connectivity index (χ0n) is 9.68. The molecule has 1 amide bonds. The van der Waals surface area contributed by atoms with E-state index in [2.05, 4.69) is 0 Å². The van der Waals surface area contributed by atoms with Crippen LogP contribution in [0.25, 0.3) is 21.5 Å². The van der Waals surface area contributed by atoms with E-state index in [-0.39, 0.29) is 0 Å². The fourth-order valence-electron chi connectivity index (χ4n) is 2.26. The first kappa shape index (κ1) is 10.6. The number of hydrogen-bond donors (Lipinski definition) is 2. The van der Waals surface area contributed by atoms with Crippen LogP contribution in [0.1, 0.15) is 10.4 Å². The number of fused-ring (bicyclic) bond motifs is 2. The first-order valence-corrected chi connectivity index (χ1v) is 5.67. The molecule has 0 spiro atoms. The maximum Gasteiger partial charge on any atom is 0.249 e. The highest BCUT2D eigenvalue weighted by Crippen LogP contribution is 2.26. The molecule has 0 atom stereocenters. The maximum atomic E-state index is 11.4. The van der Waals surface area contributed by atoms with Crippen molar-refractivity contribution in [3.8, 4) is 0 Å². The van der Waals surface area contributed by atoms with Crippen LogP contribution in [0.15, 0.2) is 48.5 Å². The number of carbonyl (C=O) groups excluding carboxylic acids is 1. The number of benzene rings is 3. The van der Waals surface area contributed by atoms with Gasteiger partial charge in [0.1, 0.15) is 0 Å². The van der Waals surface area contributed by atoms with Gasteiger partial charge in [0.2, 0.25) is 5.91 Å². The van der Waals surface area contributed by atoms with E-state index in [1.54, 1.807) is 6.07 Å². The highest BCUT2D eigenvalue weighted by molar-refractivity contribution is 6.10. The van der Waals surface area contributed by atoms with E-state index in [1.165, 1.54) is 0 Å². The molecule has 0 aliphatic rings. The summed E-state index contributed by atoms with van der Waals surface area (Å²) in [7, 11) is 0. The molecule has 3 nitrogen and oxygen atoms in total. The van der Waals surface area contributed by atoms with Gasteiger partial charge in [0.05, 0.1) is 0 Å². The minimum atomic E-state index is -0.407. The molecular weight excluding hydrogens is 224 g/mol. The van der Waals surface area contributed by atoms with Gasteiger partial charge in [-0.2, -0.15) is 0 Å². The quantitative estimate of drug-likeness (QED) is 0.503. The number of hydrogen-bond acceptors (Lipinski definition) is 2. The highest BCUT2D eigenvalue weighted by Gasteiger charge is 2.07. The first-order valence-electron chi connectivity index (χ1n) is 5.67. The van der Waals surface area contributed by atoms with Crippen LogP contribution in [0.5, 0.6) is 0 Å². The standard InChI is InChI=1S/C15H12N2O/c16-12-5-4-9-8-14-10(6-11(9)7-12)2-1-3-13(14)15(17)18/h1-8H,16H2,(H2,17,18). The normalized spacial score (nSPS) is 10.9. The Labute approximate surface area is 104 Å². The van der Waals surface area contributed by atoms with Gasteiger partial charge in [-0.3, -0.25) is 4.79 Å². The van der Waals surface area contributed by atoms with E-state index in [0.717, 1.165) is 27.2 Å². The van der Waals surface area contributed by atoms with Crippen LogP contribution < -0.4 is 11.5 Å². The Morgan fingerprint density at radius 2 is 1.72 bits per heavy atom. The zero-order valence-corrected chi connectivity index (χ0v) is 9.68. The van der Waals surface area contributed by atoms with E-state index in [1.807, 2.05) is 42.5 Å². The highest BCUT2D eigenvalue weighted by atomic mass is 16.1. The van der Waals surface area contributed by atoms with Crippen molar-refractivity contribution >= 4 is 33.1 Å². The minimum absolute atomic E-state index is 0.407. The second kappa shape index (κ2) is 3.74. The number of nitrogens with two attached hydrogens (primary N) is 2. The number of amides is 1. The monoisotopic (exact) mass is 236 g/mol. The van der Waals surface area contributed by atoms with Crippen LogP contribution in [0.4, 0.5) is 5.69 Å². The Hall–Kier alpha value is -2.55. The molecule has 0 fully saturated rings. The van der Waals surface area contributed by atoms with Gasteiger partial charge < -0.3 is 11.5 Å². The average Bonchev–Trinajstić information content (AvgIpc) is 2.35. The molecule has 0 aromatic heterocycles. The number of carbonyl (C=O) groups is 1. The molecule has 0 saturated heterocycles. The second-order valence-corrected chi connectivity index (χ2v) is 4.35. The summed E-state index contributed by atoms with van der Waals surface area (Å²) < 4.78 is 0. The largest absolute Gasteiger partial charge is 0.399 e. The fourth-order valence-corrected chi connectivity index (χ4v) is 2.26. The van der Waals surface area contributed by atoms with Crippen molar-refractivity contribution in [2.45, 2.75) is 0 Å². The average molecular weight is 236 g/mol. The van der Waals surface area contributed by atoms with Crippen molar-refractivity contribution in [3.05, 3.63) is 54.1 Å². The number of primary amides is 1. The molecule has 0 aliphatic carbocycles. The van der Waals surface area contributed by atoms with Crippen LogP contribution in [0.3, 0.4) is 0 Å². The molecule has 3 heteroatoms. The van der Waals surface area contributed by atoms with E-state index < -0.39 is 5.91 Å². The summed E-state index contributed by atoms with van der Waals surface area (Å²) in [4.78, 5) is 11.4. The molecule has 3 aromatic rings. The molecule has 0 bridgehead atoms. The van der Waals surface area contributed by atoms with Gasteiger partial charge >= 0.3 is 0 Å². The molecule has 4 N–H and O–H groups in total. The zero-order chi connectivity index (χ0) is 12.7. The summed E-state index contributed by atoms with van der Waals surface area (Å²) in [6.07, 6.45) is 0. The van der Waals surface area contributed by atoms with Crippen molar-refractivity contribution < 1.29 is 4.79 Å². The molecular formula is C15H12N2O. The lowest BCUT2D eigenvalue weighted by molar-refractivity contribution is 0.100. The third kappa shape index (κ3) is 1.57. The van der Waals surface area contributed by atoms with Crippen LogP contribution in [-0.2, 0) is 0 Å². The van der Waals surface area contributed by atoms with E-state index in [0.29, 0.717) is 5.56 Å². The van der Waals surface area contributed by atoms with Crippen molar-refractivity contribution in [1.29, 1.82) is 0 Å². The Balaban J connectivity index is 2.44. The topological polar surface area (TPSA) is 69.1 Å². The third-order valence-electron chi connectivity index (χ3n) is 3.13. The van der Waals surface area contributed by atoms with Gasteiger partial charge in [0.25, 0.3) is 0 Å². The molecule has 18 heavy (non-hydrogen) atoms. The summed E-state index contributed by atoms with van der Waals surface area (Å²) in [5.41, 5.74) is 12.4. The third-order valence-corrected chi connectivity index (χ3v) is 3.13. The predicted molar refractivity (Wildman–Crippen MR) is 74.4 cm³/mol. The van der Waals surface area contributed by atoms with E-state index in [4.69, 9.17) is 11.5 Å². The Bertz CT molecular complexity index is 778. The number of anilines is 1. The Morgan fingerprint density at radius 3 is 2.50 bits per heavy atom. The van der Waals surface area contributed by atoms with Crippen molar-refractivity contribution in [1.82, 2.24) is 0 Å². The first-order chi connectivity index (χ1) is 8.65. The Morgan fingerprint density at radius 1 is 0.889 bits per heavy atom. The van der Waals surface area contributed by atoms with E-state index in [9.17, 15) is 4.79 Å². The minimum Gasteiger partial charge on any atom is -0.399 e. The second-order valence-electron chi connectivity index (χ2n) is 4.35. The molecule has 88 valence electrons. The molecule has 0 radical (unpaired) electrons. The molecule has 3 rings (SSSR count). The Kier molecular flexibility index (Phi) is 2.20. The van der Waals surface area contributed by atoms with Gasteiger partial charge in [-0.15, -0.1) is 0 Å².